The van der Waals surface area contributed by atoms with E-state index in [1.165, 1.54) is 18.7 Å². The van der Waals surface area contributed by atoms with Gasteiger partial charge in [0, 0.05) is 7.05 Å². The smallest absolute Gasteiger partial charge is 0.286 e. The van der Waals surface area contributed by atoms with Crippen molar-refractivity contribution in [1.82, 2.24) is 5.32 Å². The number of nitrogens with one attached hydrogen (secondary N) is 1. The predicted octanol–water partition coefficient (Wildman–Crippen LogP) is -0.518. The third kappa shape index (κ3) is 1.87. The number of hydrogen-bond acceptors (Lipinski definition) is 6. The number of amidine groups is 1. The molecule has 0 bridgehead atoms. The van der Waals surface area contributed by atoms with Gasteiger partial charge in [-0.25, -0.2) is 9.38 Å². The number of ether oxygens (including phenoxy) is 1. The second kappa shape index (κ2) is 4.38. The van der Waals surface area contributed by atoms with E-state index in [-0.39, 0.29) is 6.02 Å². The maximum Gasteiger partial charge on any atom is 0.286 e. The first-order valence-electron chi connectivity index (χ1n) is 5.12. The Kier molecular flexibility index (Phi) is 3.27. The Hall–Kier alpha value is -0.530. The van der Waals surface area contributed by atoms with Gasteiger partial charge in [0.05, 0.1) is 11.4 Å². The Bertz CT molecular complexity index is 302. The predicted molar refractivity (Wildman–Crippen MR) is 59.1 cm³/mol. The maximum absolute atomic E-state index is 13.9. The molecule has 2 heterocycles. The van der Waals surface area contributed by atoms with E-state index >= 15 is 0 Å². The Balaban J connectivity index is 2.14. The van der Waals surface area contributed by atoms with Crippen LogP contribution in [0.25, 0.3) is 0 Å². The number of halogens is 1. The fourth-order valence-electron chi connectivity index (χ4n) is 1.88. The van der Waals surface area contributed by atoms with Crippen LogP contribution < -0.4 is 5.32 Å². The van der Waals surface area contributed by atoms with E-state index in [4.69, 9.17) is 4.74 Å². The van der Waals surface area contributed by atoms with E-state index in [2.05, 4.69) is 10.3 Å². The monoisotopic (exact) mass is 250 g/mol. The first-order chi connectivity index (χ1) is 7.54. The molecular weight excluding hydrogens is 235 g/mol. The Morgan fingerprint density at radius 3 is 2.88 bits per heavy atom. The summed E-state index contributed by atoms with van der Waals surface area (Å²) in [6.45, 7) is 1.53. The summed E-state index contributed by atoms with van der Waals surface area (Å²) in [5.41, 5.74) is -0.472. The molecule has 1 saturated heterocycles. The van der Waals surface area contributed by atoms with Crippen LogP contribution in [-0.2, 0) is 4.74 Å². The summed E-state index contributed by atoms with van der Waals surface area (Å²) in [7, 11) is 1.64. The third-order valence-electron chi connectivity index (χ3n) is 2.74. The van der Waals surface area contributed by atoms with Crippen LogP contribution in [0, 0.1) is 0 Å². The molecule has 16 heavy (non-hydrogen) atoms. The molecule has 5 nitrogen and oxygen atoms in total. The van der Waals surface area contributed by atoms with Crippen molar-refractivity contribution in [3.05, 3.63) is 0 Å². The second-order valence-electron chi connectivity index (χ2n) is 3.94. The molecule has 0 radical (unpaired) electrons. The zero-order chi connectivity index (χ0) is 11.9. The lowest BCUT2D eigenvalue weighted by Gasteiger charge is -2.37. The van der Waals surface area contributed by atoms with Crippen molar-refractivity contribution in [3.8, 4) is 0 Å². The molecule has 1 fully saturated rings. The largest absolute Gasteiger partial charge is 0.448 e. The molecule has 2 aliphatic heterocycles. The van der Waals surface area contributed by atoms with Gasteiger partial charge in [-0.15, -0.1) is 11.8 Å². The summed E-state index contributed by atoms with van der Waals surface area (Å²) in [6, 6.07) is -0.416. The fourth-order valence-corrected chi connectivity index (χ4v) is 3.24. The fraction of sp³-hybridized carbons (Fsp3) is 0.889. The van der Waals surface area contributed by atoms with Crippen molar-refractivity contribution >= 4 is 17.8 Å². The van der Waals surface area contributed by atoms with Crippen molar-refractivity contribution in [2.75, 3.05) is 7.05 Å². The molecule has 0 spiro atoms. The van der Waals surface area contributed by atoms with Crippen molar-refractivity contribution < 1.29 is 19.3 Å². The highest BCUT2D eigenvalue weighted by atomic mass is 32.2. The average molecular weight is 250 g/mol. The normalized spacial score (nSPS) is 44.3. The summed E-state index contributed by atoms with van der Waals surface area (Å²) in [5.74, 6) is 0. The average Bonchev–Trinajstić information content (AvgIpc) is 2.66. The Morgan fingerprint density at radius 1 is 1.62 bits per heavy atom. The highest BCUT2D eigenvalue weighted by molar-refractivity contribution is 8.00. The number of hydrogen-bond donors (Lipinski definition) is 3. The number of nitrogens with zero attached hydrogens (tertiary/aromatic N) is 1. The van der Waals surface area contributed by atoms with Crippen LogP contribution >= 0.6 is 11.8 Å². The van der Waals surface area contributed by atoms with Crippen LogP contribution in [0.2, 0.25) is 0 Å². The molecule has 0 aromatic heterocycles. The lowest BCUT2D eigenvalue weighted by Crippen LogP contribution is -2.52. The molecule has 0 unspecified atom stereocenters. The number of thioether (sulfide) groups is 1. The van der Waals surface area contributed by atoms with Crippen LogP contribution in [0.4, 0.5) is 4.39 Å². The maximum atomic E-state index is 13.9. The molecule has 2 rings (SSSR count). The molecule has 2 aliphatic rings. The number of aliphatic hydroxyl groups excluding tert-OH is 2. The van der Waals surface area contributed by atoms with Crippen LogP contribution in [0.3, 0.4) is 0 Å². The molecule has 6 atom stereocenters. The van der Waals surface area contributed by atoms with E-state index < -0.39 is 35.1 Å². The number of fused-ring (bicyclic) bond motifs is 1. The van der Waals surface area contributed by atoms with Crippen LogP contribution in [0.5, 0.6) is 0 Å². The van der Waals surface area contributed by atoms with Gasteiger partial charge in [-0.2, -0.15) is 0 Å². The lowest BCUT2D eigenvalue weighted by atomic mass is 10.0. The molecule has 0 aromatic carbocycles. The van der Waals surface area contributed by atoms with E-state index in [0.29, 0.717) is 0 Å². The summed E-state index contributed by atoms with van der Waals surface area (Å²) in [5, 5.41) is 21.3. The standard InChI is InChI=1S/C9H15FN2O3S/c1-3(13)7-6(14)4(10)5-8(16-7)15-9(11-2)12-5/h3-8,13-14H,1-2H3,(H,11,12)/t3-,4+,5+,6-,7+,8-/m0/s1. The molecule has 0 amide bonds. The number of alkyl halides is 1. The summed E-state index contributed by atoms with van der Waals surface area (Å²) >= 11 is 1.22. The Labute approximate surface area is 97.1 Å². The minimum atomic E-state index is -1.50. The quantitative estimate of drug-likeness (QED) is 0.584. The molecule has 92 valence electrons. The van der Waals surface area contributed by atoms with Gasteiger partial charge in [0.15, 0.2) is 11.6 Å². The number of rotatable bonds is 1. The highest BCUT2D eigenvalue weighted by Gasteiger charge is 2.50. The van der Waals surface area contributed by atoms with Gasteiger partial charge < -0.3 is 20.3 Å². The molecule has 3 N–H and O–H groups in total. The van der Waals surface area contributed by atoms with Crippen molar-refractivity contribution in [2.45, 2.75) is 42.0 Å². The molecule has 0 saturated carbocycles. The van der Waals surface area contributed by atoms with Crippen LogP contribution in [0.15, 0.2) is 4.99 Å². The van der Waals surface area contributed by atoms with Gasteiger partial charge in [0.1, 0.15) is 12.1 Å². The molecular formula is C9H15FN2O3S. The minimum absolute atomic E-state index is 0.281. The first-order valence-corrected chi connectivity index (χ1v) is 6.06. The lowest BCUT2D eigenvalue weighted by molar-refractivity contribution is 0.0129. The number of aliphatic imine (C=N–C) groups is 1. The second-order valence-corrected chi connectivity index (χ2v) is 5.22. The van der Waals surface area contributed by atoms with Gasteiger partial charge in [0.2, 0.25) is 0 Å². The van der Waals surface area contributed by atoms with Crippen molar-refractivity contribution in [3.63, 3.8) is 0 Å². The summed E-state index contributed by atoms with van der Waals surface area (Å²) < 4.78 is 19.2. The van der Waals surface area contributed by atoms with E-state index in [1.54, 1.807) is 7.05 Å². The van der Waals surface area contributed by atoms with Gasteiger partial charge >= 0.3 is 0 Å². The van der Waals surface area contributed by atoms with Gasteiger partial charge in [0.25, 0.3) is 6.02 Å². The van der Waals surface area contributed by atoms with E-state index in [1.807, 2.05) is 0 Å². The zero-order valence-corrected chi connectivity index (χ0v) is 9.82. The van der Waals surface area contributed by atoms with Gasteiger partial charge in [-0.05, 0) is 6.92 Å². The topological polar surface area (TPSA) is 74.1 Å². The molecule has 0 aliphatic carbocycles. The Morgan fingerprint density at radius 2 is 2.31 bits per heavy atom. The third-order valence-corrected chi connectivity index (χ3v) is 4.37. The van der Waals surface area contributed by atoms with Gasteiger partial charge in [-0.1, -0.05) is 0 Å². The first kappa shape index (κ1) is 11.9. The summed E-state index contributed by atoms with van der Waals surface area (Å²) in [6.07, 6.45) is -3.51. The van der Waals surface area contributed by atoms with Crippen molar-refractivity contribution in [2.24, 2.45) is 4.99 Å². The highest BCUT2D eigenvalue weighted by Crippen LogP contribution is 2.40. The number of aliphatic hydroxyl groups is 2. The SMILES string of the molecule is CNC1=N[C@@H]2[C@@H](F)[C@H](O)[C@@H]([C@H](C)O)S[C@@H]2O1. The van der Waals surface area contributed by atoms with Crippen LogP contribution in [-0.4, -0.2) is 58.4 Å². The van der Waals surface area contributed by atoms with Gasteiger partial charge in [-0.3, -0.25) is 0 Å². The molecule has 7 heteroatoms. The van der Waals surface area contributed by atoms with E-state index in [9.17, 15) is 14.6 Å². The van der Waals surface area contributed by atoms with Crippen LogP contribution in [0.1, 0.15) is 6.92 Å². The minimum Gasteiger partial charge on any atom is -0.448 e. The molecule has 0 aromatic rings. The summed E-state index contributed by atoms with van der Waals surface area (Å²) in [4.78, 5) is 4.00. The van der Waals surface area contributed by atoms with Crippen molar-refractivity contribution in [1.29, 1.82) is 0 Å². The zero-order valence-electron chi connectivity index (χ0n) is 9.00. The van der Waals surface area contributed by atoms with E-state index in [0.717, 1.165) is 0 Å².